The van der Waals surface area contributed by atoms with Gasteiger partial charge in [-0.25, -0.2) is 0 Å². The Balaban J connectivity index is 1.74. The first-order valence-electron chi connectivity index (χ1n) is 6.95. The molecule has 2 aromatic heterocycles. The number of nitrogens with zero attached hydrogens (tertiary/aromatic N) is 4. The van der Waals surface area contributed by atoms with Crippen LogP contribution in [0, 0.1) is 0 Å². The summed E-state index contributed by atoms with van der Waals surface area (Å²) in [4.78, 5) is 12.1. The maximum absolute atomic E-state index is 12.1. The van der Waals surface area contributed by atoms with Gasteiger partial charge < -0.3 is 5.32 Å². The summed E-state index contributed by atoms with van der Waals surface area (Å²) in [6.45, 7) is 2.66. The van der Waals surface area contributed by atoms with E-state index in [9.17, 15) is 4.79 Å². The zero-order chi connectivity index (χ0) is 14.4. The van der Waals surface area contributed by atoms with Gasteiger partial charge in [0, 0.05) is 32.2 Å². The van der Waals surface area contributed by atoms with E-state index in [0.717, 1.165) is 19.3 Å². The number of hydrogen-bond donors (Lipinski definition) is 1. The summed E-state index contributed by atoms with van der Waals surface area (Å²) in [7, 11) is 1.90. The summed E-state index contributed by atoms with van der Waals surface area (Å²) < 4.78 is 3.50. The predicted molar refractivity (Wildman–Crippen MR) is 76.1 cm³/mol. The van der Waals surface area contributed by atoms with Crippen LogP contribution in [0.5, 0.6) is 0 Å². The van der Waals surface area contributed by atoms with Crippen molar-refractivity contribution in [2.75, 3.05) is 6.54 Å². The van der Waals surface area contributed by atoms with Crippen molar-refractivity contribution in [2.24, 2.45) is 7.05 Å². The molecule has 0 saturated heterocycles. The Morgan fingerprint density at radius 1 is 1.45 bits per heavy atom. The number of rotatable bonds is 7. The van der Waals surface area contributed by atoms with Crippen LogP contribution in [0.2, 0.25) is 0 Å². The molecule has 2 heterocycles. The Bertz CT molecular complexity index is 532. The van der Waals surface area contributed by atoms with Gasteiger partial charge in [-0.2, -0.15) is 10.2 Å². The third-order valence-electron chi connectivity index (χ3n) is 3.23. The van der Waals surface area contributed by atoms with E-state index in [1.54, 1.807) is 15.6 Å². The SMILES string of the molecule is CCC(C(=O)NCCCc1cnn(C)c1)n1cccn1. The Kier molecular flexibility index (Phi) is 4.92. The van der Waals surface area contributed by atoms with Crippen LogP contribution in [0.1, 0.15) is 31.4 Å². The number of hydrogen-bond acceptors (Lipinski definition) is 3. The normalized spacial score (nSPS) is 12.3. The molecule has 1 N–H and O–H groups in total. The lowest BCUT2D eigenvalue weighted by Crippen LogP contribution is -2.33. The van der Waals surface area contributed by atoms with Gasteiger partial charge in [0.2, 0.25) is 5.91 Å². The van der Waals surface area contributed by atoms with E-state index in [-0.39, 0.29) is 11.9 Å². The molecule has 0 fully saturated rings. The fraction of sp³-hybridized carbons (Fsp3) is 0.500. The van der Waals surface area contributed by atoms with Gasteiger partial charge in [-0.3, -0.25) is 14.2 Å². The standard InChI is InChI=1S/C14H21N5O/c1-3-13(19-9-5-8-16-19)14(20)15-7-4-6-12-10-17-18(2)11-12/h5,8-11,13H,3-4,6-7H2,1-2H3,(H,15,20). The molecule has 6 nitrogen and oxygen atoms in total. The van der Waals surface area contributed by atoms with Crippen molar-refractivity contribution in [3.63, 3.8) is 0 Å². The van der Waals surface area contributed by atoms with Gasteiger partial charge in [-0.05, 0) is 30.9 Å². The second-order valence-corrected chi connectivity index (χ2v) is 4.83. The van der Waals surface area contributed by atoms with Gasteiger partial charge in [-0.15, -0.1) is 0 Å². The monoisotopic (exact) mass is 275 g/mol. The van der Waals surface area contributed by atoms with Crippen molar-refractivity contribution >= 4 is 5.91 Å². The van der Waals surface area contributed by atoms with Gasteiger partial charge >= 0.3 is 0 Å². The average molecular weight is 275 g/mol. The van der Waals surface area contributed by atoms with Gasteiger partial charge in [-0.1, -0.05) is 6.92 Å². The summed E-state index contributed by atoms with van der Waals surface area (Å²) in [5.74, 6) is 0.0300. The number of carbonyl (C=O) groups excluding carboxylic acids is 1. The molecule has 0 spiro atoms. The van der Waals surface area contributed by atoms with Crippen molar-refractivity contribution in [3.8, 4) is 0 Å². The van der Waals surface area contributed by atoms with Crippen LogP contribution in [-0.4, -0.2) is 32.0 Å². The van der Waals surface area contributed by atoms with E-state index >= 15 is 0 Å². The van der Waals surface area contributed by atoms with Gasteiger partial charge in [0.15, 0.2) is 0 Å². The van der Waals surface area contributed by atoms with E-state index in [1.807, 2.05) is 38.6 Å². The Morgan fingerprint density at radius 3 is 2.90 bits per heavy atom. The molecule has 1 unspecified atom stereocenters. The minimum absolute atomic E-state index is 0.0300. The molecule has 2 aromatic rings. The lowest BCUT2D eigenvalue weighted by atomic mass is 10.2. The Morgan fingerprint density at radius 2 is 2.30 bits per heavy atom. The van der Waals surface area contributed by atoms with Gasteiger partial charge in [0.1, 0.15) is 6.04 Å². The van der Waals surface area contributed by atoms with Crippen LogP contribution in [0.3, 0.4) is 0 Å². The number of carbonyl (C=O) groups is 1. The molecular weight excluding hydrogens is 254 g/mol. The maximum Gasteiger partial charge on any atom is 0.244 e. The molecule has 0 radical (unpaired) electrons. The molecule has 1 atom stereocenters. The molecule has 2 rings (SSSR count). The third-order valence-corrected chi connectivity index (χ3v) is 3.23. The second kappa shape index (κ2) is 6.88. The highest BCUT2D eigenvalue weighted by molar-refractivity contribution is 5.80. The van der Waals surface area contributed by atoms with Crippen LogP contribution in [0.15, 0.2) is 30.9 Å². The molecule has 0 bridgehead atoms. The zero-order valence-electron chi connectivity index (χ0n) is 12.0. The zero-order valence-corrected chi connectivity index (χ0v) is 12.0. The number of aryl methyl sites for hydroxylation is 2. The highest BCUT2D eigenvalue weighted by atomic mass is 16.2. The van der Waals surface area contributed by atoms with Crippen LogP contribution in [0.25, 0.3) is 0 Å². The number of amides is 1. The first-order chi connectivity index (χ1) is 9.70. The predicted octanol–water partition coefficient (Wildman–Crippen LogP) is 1.32. The molecule has 6 heteroatoms. The van der Waals surface area contributed by atoms with Crippen molar-refractivity contribution < 1.29 is 4.79 Å². The highest BCUT2D eigenvalue weighted by Gasteiger charge is 2.17. The fourth-order valence-electron chi connectivity index (χ4n) is 2.18. The van der Waals surface area contributed by atoms with Gasteiger partial charge in [0.05, 0.1) is 6.20 Å². The van der Waals surface area contributed by atoms with E-state index in [2.05, 4.69) is 15.5 Å². The van der Waals surface area contributed by atoms with Gasteiger partial charge in [0.25, 0.3) is 0 Å². The quantitative estimate of drug-likeness (QED) is 0.775. The van der Waals surface area contributed by atoms with Crippen molar-refractivity contribution in [2.45, 2.75) is 32.2 Å². The molecular formula is C14H21N5O. The van der Waals surface area contributed by atoms with Crippen molar-refractivity contribution in [3.05, 3.63) is 36.4 Å². The summed E-state index contributed by atoms with van der Waals surface area (Å²) >= 11 is 0. The second-order valence-electron chi connectivity index (χ2n) is 4.83. The molecule has 1 amide bonds. The van der Waals surface area contributed by atoms with E-state index in [4.69, 9.17) is 0 Å². The first kappa shape index (κ1) is 14.3. The summed E-state index contributed by atoms with van der Waals surface area (Å²) in [6.07, 6.45) is 9.94. The average Bonchev–Trinajstić information content (AvgIpc) is 3.08. The Hall–Kier alpha value is -2.11. The molecule has 0 aliphatic carbocycles. The third kappa shape index (κ3) is 3.69. The number of nitrogens with one attached hydrogen (secondary N) is 1. The topological polar surface area (TPSA) is 64.7 Å². The fourth-order valence-corrected chi connectivity index (χ4v) is 2.18. The lowest BCUT2D eigenvalue weighted by molar-refractivity contribution is -0.124. The highest BCUT2D eigenvalue weighted by Crippen LogP contribution is 2.09. The smallest absolute Gasteiger partial charge is 0.244 e. The lowest BCUT2D eigenvalue weighted by Gasteiger charge is -2.15. The van der Waals surface area contributed by atoms with Crippen LogP contribution >= 0.6 is 0 Å². The van der Waals surface area contributed by atoms with E-state index in [0.29, 0.717) is 6.54 Å². The molecule has 0 aliphatic rings. The minimum Gasteiger partial charge on any atom is -0.354 e. The molecule has 20 heavy (non-hydrogen) atoms. The van der Waals surface area contributed by atoms with E-state index in [1.165, 1.54) is 5.56 Å². The summed E-state index contributed by atoms with van der Waals surface area (Å²) in [5.41, 5.74) is 1.20. The maximum atomic E-state index is 12.1. The molecule has 0 aromatic carbocycles. The van der Waals surface area contributed by atoms with Crippen LogP contribution in [-0.2, 0) is 18.3 Å². The largest absolute Gasteiger partial charge is 0.354 e. The van der Waals surface area contributed by atoms with Crippen molar-refractivity contribution in [1.29, 1.82) is 0 Å². The Labute approximate surface area is 118 Å². The van der Waals surface area contributed by atoms with Crippen molar-refractivity contribution in [1.82, 2.24) is 24.9 Å². The van der Waals surface area contributed by atoms with Crippen LogP contribution < -0.4 is 5.32 Å². The molecule has 0 aliphatic heterocycles. The summed E-state index contributed by atoms with van der Waals surface area (Å²) in [6, 6.07) is 1.61. The van der Waals surface area contributed by atoms with E-state index < -0.39 is 0 Å². The minimum atomic E-state index is -0.219. The molecule has 0 saturated carbocycles. The summed E-state index contributed by atoms with van der Waals surface area (Å²) in [5, 5.41) is 11.2. The first-order valence-corrected chi connectivity index (χ1v) is 6.95. The number of aromatic nitrogens is 4. The van der Waals surface area contributed by atoms with Crippen LogP contribution in [0.4, 0.5) is 0 Å². The molecule has 108 valence electrons.